The average molecular weight is 356 g/mol. The number of carbonyl (C=O) groups excluding carboxylic acids is 1. The minimum Gasteiger partial charge on any atom is -0.490 e. The Morgan fingerprint density at radius 2 is 2.04 bits per heavy atom. The lowest BCUT2D eigenvalue weighted by Gasteiger charge is -2.28. The fourth-order valence-electron chi connectivity index (χ4n) is 2.84. The molecule has 1 aromatic rings. The van der Waals surface area contributed by atoms with Gasteiger partial charge in [0.1, 0.15) is 0 Å². The molecule has 1 aliphatic rings. The van der Waals surface area contributed by atoms with Crippen LogP contribution in [0.4, 0.5) is 0 Å². The monoisotopic (exact) mass is 355 g/mol. The van der Waals surface area contributed by atoms with Gasteiger partial charge in [-0.2, -0.15) is 0 Å². The van der Waals surface area contributed by atoms with Crippen molar-refractivity contribution in [1.82, 2.24) is 5.32 Å². The summed E-state index contributed by atoms with van der Waals surface area (Å²) in [5, 5.41) is 13.3. The number of benzene rings is 1. The predicted octanol–water partition coefficient (Wildman–Crippen LogP) is 3.56. The van der Waals surface area contributed by atoms with Crippen LogP contribution in [0.5, 0.6) is 11.5 Å². The largest absolute Gasteiger partial charge is 0.490 e. The number of ether oxygens (including phenoxy) is 2. The quantitative estimate of drug-likeness (QED) is 0.784. The highest BCUT2D eigenvalue weighted by Gasteiger charge is 2.25. The first kappa shape index (κ1) is 18.9. The van der Waals surface area contributed by atoms with Crippen LogP contribution in [0.3, 0.4) is 0 Å². The molecule has 0 heterocycles. The van der Waals surface area contributed by atoms with Crippen molar-refractivity contribution >= 4 is 17.5 Å². The van der Waals surface area contributed by atoms with Crippen molar-refractivity contribution in [2.45, 2.75) is 58.1 Å². The number of nitrogens with one attached hydrogen (secondary N) is 1. The minimum atomic E-state index is -0.489. The molecular weight excluding hydrogens is 330 g/mol. The van der Waals surface area contributed by atoms with Crippen LogP contribution in [0.25, 0.3) is 0 Å². The number of rotatable bonds is 7. The van der Waals surface area contributed by atoms with E-state index in [2.05, 4.69) is 5.32 Å². The molecule has 0 saturated heterocycles. The van der Waals surface area contributed by atoms with Crippen molar-refractivity contribution < 1.29 is 19.4 Å². The molecule has 1 amide bonds. The summed E-state index contributed by atoms with van der Waals surface area (Å²) < 4.78 is 11.2. The molecule has 1 aromatic carbocycles. The molecule has 0 spiro atoms. The van der Waals surface area contributed by atoms with Crippen LogP contribution >= 0.6 is 11.6 Å². The normalized spacial score (nSPS) is 20.5. The number of amides is 1. The lowest BCUT2D eigenvalue weighted by atomic mass is 9.92. The van der Waals surface area contributed by atoms with Gasteiger partial charge >= 0.3 is 0 Å². The van der Waals surface area contributed by atoms with E-state index in [-0.39, 0.29) is 11.9 Å². The van der Waals surface area contributed by atoms with Crippen LogP contribution in [-0.4, -0.2) is 36.4 Å². The number of halogens is 1. The third kappa shape index (κ3) is 4.77. The summed E-state index contributed by atoms with van der Waals surface area (Å²) in [6, 6.07) is 3.02. The maximum atomic E-state index is 12.5. The zero-order chi connectivity index (χ0) is 17.5. The predicted molar refractivity (Wildman–Crippen MR) is 94.1 cm³/mol. The zero-order valence-corrected chi connectivity index (χ0v) is 15.1. The van der Waals surface area contributed by atoms with E-state index in [1.165, 1.54) is 0 Å². The third-order valence-corrected chi connectivity index (χ3v) is 4.35. The molecule has 1 fully saturated rings. The molecule has 1 aliphatic carbocycles. The highest BCUT2D eigenvalue weighted by atomic mass is 35.5. The summed E-state index contributed by atoms with van der Waals surface area (Å²) >= 11 is 6.29. The summed E-state index contributed by atoms with van der Waals surface area (Å²) in [6.07, 6.45) is 3.88. The van der Waals surface area contributed by atoms with E-state index >= 15 is 0 Å². The molecule has 0 radical (unpaired) electrons. The molecular formula is C18H26ClNO4. The molecule has 0 unspecified atom stereocenters. The highest BCUT2D eigenvalue weighted by Crippen LogP contribution is 2.37. The molecule has 134 valence electrons. The van der Waals surface area contributed by atoms with E-state index < -0.39 is 6.10 Å². The fraction of sp³-hybridized carbons (Fsp3) is 0.611. The van der Waals surface area contributed by atoms with Crippen LogP contribution < -0.4 is 14.8 Å². The lowest BCUT2D eigenvalue weighted by Crippen LogP contribution is -2.45. The Morgan fingerprint density at radius 1 is 1.29 bits per heavy atom. The Balaban J connectivity index is 2.18. The summed E-state index contributed by atoms with van der Waals surface area (Å²) in [5.41, 5.74) is 0.407. The number of carbonyl (C=O) groups is 1. The molecule has 6 heteroatoms. The van der Waals surface area contributed by atoms with Gasteiger partial charge in [-0.1, -0.05) is 31.4 Å². The van der Waals surface area contributed by atoms with Crippen LogP contribution in [0.2, 0.25) is 5.02 Å². The molecule has 2 rings (SSSR count). The van der Waals surface area contributed by atoms with E-state index in [4.69, 9.17) is 21.1 Å². The van der Waals surface area contributed by atoms with E-state index in [0.29, 0.717) is 35.3 Å². The van der Waals surface area contributed by atoms with Gasteiger partial charge in [0.05, 0.1) is 30.4 Å². The molecule has 0 aliphatic heterocycles. The number of hydrogen-bond acceptors (Lipinski definition) is 4. The Morgan fingerprint density at radius 3 is 2.71 bits per heavy atom. The van der Waals surface area contributed by atoms with Crippen molar-refractivity contribution in [1.29, 1.82) is 0 Å². The zero-order valence-electron chi connectivity index (χ0n) is 14.3. The van der Waals surface area contributed by atoms with Crippen LogP contribution in [0.15, 0.2) is 12.1 Å². The Hall–Kier alpha value is -1.46. The highest BCUT2D eigenvalue weighted by molar-refractivity contribution is 6.32. The minimum absolute atomic E-state index is 0.211. The van der Waals surface area contributed by atoms with Gasteiger partial charge in [-0.3, -0.25) is 4.79 Å². The number of aliphatic hydroxyl groups excluding tert-OH is 1. The SMILES string of the molecule is CCCOc1c(Cl)cc(C(=O)N[C@@H]2CCCC[C@H]2O)cc1OCC. The average Bonchev–Trinajstić information content (AvgIpc) is 2.56. The second kappa shape index (κ2) is 9.14. The first-order valence-electron chi connectivity index (χ1n) is 8.64. The van der Waals surface area contributed by atoms with Crippen LogP contribution in [0, 0.1) is 0 Å². The number of hydrogen-bond donors (Lipinski definition) is 2. The molecule has 2 atom stereocenters. The summed E-state index contributed by atoms with van der Waals surface area (Å²) in [5.74, 6) is 0.674. The maximum Gasteiger partial charge on any atom is 0.251 e. The Bertz CT molecular complexity index is 564. The summed E-state index contributed by atoms with van der Waals surface area (Å²) in [4.78, 5) is 12.5. The topological polar surface area (TPSA) is 67.8 Å². The van der Waals surface area contributed by atoms with Crippen molar-refractivity contribution in [3.05, 3.63) is 22.7 Å². The smallest absolute Gasteiger partial charge is 0.251 e. The van der Waals surface area contributed by atoms with E-state index in [0.717, 1.165) is 32.1 Å². The van der Waals surface area contributed by atoms with Crippen LogP contribution in [-0.2, 0) is 0 Å². The van der Waals surface area contributed by atoms with Gasteiger partial charge in [-0.25, -0.2) is 0 Å². The van der Waals surface area contributed by atoms with E-state index in [1.807, 2.05) is 13.8 Å². The van der Waals surface area contributed by atoms with Crippen molar-refractivity contribution in [3.8, 4) is 11.5 Å². The first-order valence-corrected chi connectivity index (χ1v) is 9.02. The molecule has 2 N–H and O–H groups in total. The van der Waals surface area contributed by atoms with Gasteiger partial charge in [0, 0.05) is 5.56 Å². The Labute approximate surface area is 148 Å². The number of aliphatic hydroxyl groups is 1. The second-order valence-corrected chi connectivity index (χ2v) is 6.41. The molecule has 5 nitrogen and oxygen atoms in total. The van der Waals surface area contributed by atoms with Gasteiger partial charge in [0.2, 0.25) is 0 Å². The Kier molecular flexibility index (Phi) is 7.18. The third-order valence-electron chi connectivity index (χ3n) is 4.07. The maximum absolute atomic E-state index is 12.5. The van der Waals surface area contributed by atoms with Crippen molar-refractivity contribution in [2.75, 3.05) is 13.2 Å². The standard InChI is InChI=1S/C18H26ClNO4/c1-3-9-24-17-13(19)10-12(11-16(17)23-4-2)18(22)20-14-7-5-6-8-15(14)21/h10-11,14-15,21H,3-9H2,1-2H3,(H,20,22)/t14-,15-/m1/s1. The van der Waals surface area contributed by atoms with Gasteiger partial charge in [-0.15, -0.1) is 0 Å². The van der Waals surface area contributed by atoms with Crippen LogP contribution in [0.1, 0.15) is 56.3 Å². The lowest BCUT2D eigenvalue weighted by molar-refractivity contribution is 0.0717. The first-order chi connectivity index (χ1) is 11.6. The van der Waals surface area contributed by atoms with Gasteiger partial charge in [0.25, 0.3) is 5.91 Å². The van der Waals surface area contributed by atoms with Gasteiger partial charge in [-0.05, 0) is 38.3 Å². The van der Waals surface area contributed by atoms with Crippen molar-refractivity contribution in [3.63, 3.8) is 0 Å². The second-order valence-electron chi connectivity index (χ2n) is 6.00. The molecule has 24 heavy (non-hydrogen) atoms. The molecule has 0 aromatic heterocycles. The van der Waals surface area contributed by atoms with E-state index in [9.17, 15) is 9.90 Å². The van der Waals surface area contributed by atoms with Gasteiger partial charge in [0.15, 0.2) is 11.5 Å². The summed E-state index contributed by atoms with van der Waals surface area (Å²) in [6.45, 7) is 4.85. The van der Waals surface area contributed by atoms with Crippen molar-refractivity contribution in [2.24, 2.45) is 0 Å². The summed E-state index contributed by atoms with van der Waals surface area (Å²) in [7, 11) is 0. The van der Waals surface area contributed by atoms with E-state index in [1.54, 1.807) is 12.1 Å². The molecule has 1 saturated carbocycles. The van der Waals surface area contributed by atoms with Gasteiger partial charge < -0.3 is 19.9 Å². The fourth-order valence-corrected chi connectivity index (χ4v) is 3.10. The molecule has 0 bridgehead atoms.